The molecule has 0 aliphatic carbocycles. The van der Waals surface area contributed by atoms with Gasteiger partial charge in [0, 0.05) is 10.9 Å². The van der Waals surface area contributed by atoms with Crippen molar-refractivity contribution >= 4 is 17.1 Å². The topological polar surface area (TPSA) is 43.1 Å². The highest BCUT2D eigenvalue weighted by molar-refractivity contribution is 7.10. The maximum absolute atomic E-state index is 12.1. The molecule has 0 saturated carbocycles. The van der Waals surface area contributed by atoms with E-state index in [-0.39, 0.29) is 5.78 Å². The molecule has 3 aromatic rings. The van der Waals surface area contributed by atoms with Crippen LogP contribution in [0, 0.1) is 6.92 Å². The van der Waals surface area contributed by atoms with Crippen LogP contribution in [0.25, 0.3) is 11.3 Å². The van der Waals surface area contributed by atoms with Crippen LogP contribution in [0.1, 0.15) is 21.1 Å². The summed E-state index contributed by atoms with van der Waals surface area (Å²) in [4.78, 5) is 16.6. The molecule has 0 aliphatic heterocycles. The Morgan fingerprint density at radius 3 is 2.80 bits per heavy atom. The predicted octanol–water partition coefficient (Wildman–Crippen LogP) is 4.14. The predicted molar refractivity (Wildman–Crippen MR) is 79.0 cm³/mol. The summed E-state index contributed by atoms with van der Waals surface area (Å²) in [6, 6.07) is 11.7. The average Bonchev–Trinajstić information content (AvgIpc) is 3.09. The average molecular weight is 283 g/mol. The number of thiazole rings is 1. The lowest BCUT2D eigenvalue weighted by atomic mass is 10.1. The van der Waals surface area contributed by atoms with E-state index < -0.39 is 0 Å². The highest BCUT2D eigenvalue weighted by atomic mass is 32.1. The fourth-order valence-corrected chi connectivity index (χ4v) is 2.76. The van der Waals surface area contributed by atoms with Crippen LogP contribution in [-0.4, -0.2) is 10.8 Å². The van der Waals surface area contributed by atoms with Gasteiger partial charge >= 0.3 is 0 Å². The van der Waals surface area contributed by atoms with Crippen LogP contribution in [0.15, 0.2) is 52.5 Å². The maximum Gasteiger partial charge on any atom is 0.172 e. The minimum atomic E-state index is 0.0378. The molecule has 0 fully saturated rings. The number of carbonyl (C=O) groups is 1. The van der Waals surface area contributed by atoms with Crippen molar-refractivity contribution in [1.82, 2.24) is 4.98 Å². The fraction of sp³-hybridized carbons (Fsp3) is 0.125. The molecule has 20 heavy (non-hydrogen) atoms. The van der Waals surface area contributed by atoms with Gasteiger partial charge in [-0.1, -0.05) is 30.3 Å². The number of furan rings is 1. The summed E-state index contributed by atoms with van der Waals surface area (Å²) in [5.74, 6) is 0.785. The molecule has 2 heterocycles. The Kier molecular flexibility index (Phi) is 3.48. The van der Waals surface area contributed by atoms with Crippen LogP contribution in [-0.2, 0) is 6.42 Å². The van der Waals surface area contributed by atoms with Gasteiger partial charge in [0.15, 0.2) is 5.78 Å². The molecule has 0 atom stereocenters. The molecule has 4 heteroatoms. The van der Waals surface area contributed by atoms with E-state index in [1.54, 1.807) is 6.07 Å². The first kappa shape index (κ1) is 12.8. The van der Waals surface area contributed by atoms with Crippen molar-refractivity contribution in [1.29, 1.82) is 0 Å². The zero-order valence-corrected chi connectivity index (χ0v) is 11.8. The van der Waals surface area contributed by atoms with Gasteiger partial charge in [0.25, 0.3) is 0 Å². The van der Waals surface area contributed by atoms with Crippen molar-refractivity contribution in [3.63, 3.8) is 0 Å². The molecule has 3 nitrogen and oxygen atoms in total. The standard InChI is InChI=1S/C16H13NO2S/c1-11-7-13(9-19-11)15(18)8-16-17-14(10-20-16)12-5-3-2-4-6-12/h2-7,9-10H,8H2,1H3. The van der Waals surface area contributed by atoms with Crippen molar-refractivity contribution in [2.75, 3.05) is 0 Å². The highest BCUT2D eigenvalue weighted by Crippen LogP contribution is 2.22. The summed E-state index contributed by atoms with van der Waals surface area (Å²) in [7, 11) is 0. The Morgan fingerprint density at radius 1 is 1.30 bits per heavy atom. The van der Waals surface area contributed by atoms with Crippen molar-refractivity contribution in [2.45, 2.75) is 13.3 Å². The maximum atomic E-state index is 12.1. The van der Waals surface area contributed by atoms with Crippen molar-refractivity contribution in [2.24, 2.45) is 0 Å². The molecule has 100 valence electrons. The monoisotopic (exact) mass is 283 g/mol. The summed E-state index contributed by atoms with van der Waals surface area (Å²) in [5, 5.41) is 2.81. The fourth-order valence-electron chi connectivity index (χ4n) is 1.96. The van der Waals surface area contributed by atoms with Gasteiger partial charge in [-0.15, -0.1) is 11.3 Å². The summed E-state index contributed by atoms with van der Waals surface area (Å²) in [6.07, 6.45) is 1.82. The van der Waals surface area contributed by atoms with Gasteiger partial charge in [0.1, 0.15) is 17.0 Å². The van der Waals surface area contributed by atoms with Crippen molar-refractivity contribution in [3.05, 3.63) is 64.4 Å². The lowest BCUT2D eigenvalue weighted by Gasteiger charge is -1.95. The van der Waals surface area contributed by atoms with Gasteiger partial charge in [-0.3, -0.25) is 4.79 Å². The molecule has 3 rings (SSSR count). The van der Waals surface area contributed by atoms with Gasteiger partial charge in [-0.25, -0.2) is 4.98 Å². The minimum absolute atomic E-state index is 0.0378. The number of aryl methyl sites for hydroxylation is 1. The van der Waals surface area contributed by atoms with Crippen LogP contribution in [0.4, 0.5) is 0 Å². The van der Waals surface area contributed by atoms with Gasteiger partial charge in [0.2, 0.25) is 0 Å². The molecule has 0 radical (unpaired) electrons. The van der Waals surface area contributed by atoms with E-state index in [2.05, 4.69) is 4.98 Å². The zero-order chi connectivity index (χ0) is 13.9. The molecule has 0 unspecified atom stereocenters. The van der Waals surface area contributed by atoms with Crippen molar-refractivity contribution < 1.29 is 9.21 Å². The van der Waals surface area contributed by atoms with E-state index in [1.807, 2.05) is 42.6 Å². The van der Waals surface area contributed by atoms with Gasteiger partial charge in [-0.2, -0.15) is 0 Å². The molecule has 0 saturated heterocycles. The van der Waals surface area contributed by atoms with Crippen LogP contribution >= 0.6 is 11.3 Å². The zero-order valence-electron chi connectivity index (χ0n) is 11.0. The Morgan fingerprint density at radius 2 is 2.10 bits per heavy atom. The third-order valence-corrected chi connectivity index (χ3v) is 3.83. The Balaban J connectivity index is 1.76. The van der Waals surface area contributed by atoms with Gasteiger partial charge in [-0.05, 0) is 13.0 Å². The van der Waals surface area contributed by atoms with E-state index in [9.17, 15) is 4.79 Å². The van der Waals surface area contributed by atoms with Crippen molar-refractivity contribution in [3.8, 4) is 11.3 Å². The number of hydrogen-bond acceptors (Lipinski definition) is 4. The first-order valence-electron chi connectivity index (χ1n) is 6.30. The number of hydrogen-bond donors (Lipinski definition) is 0. The molecule has 0 amide bonds. The van der Waals surface area contributed by atoms with E-state index in [0.29, 0.717) is 12.0 Å². The Bertz CT molecular complexity index is 728. The molecule has 2 aromatic heterocycles. The van der Waals surface area contributed by atoms with E-state index in [0.717, 1.165) is 22.0 Å². The number of nitrogens with zero attached hydrogens (tertiary/aromatic N) is 1. The third kappa shape index (κ3) is 2.70. The first-order valence-corrected chi connectivity index (χ1v) is 7.18. The summed E-state index contributed by atoms with van der Waals surface area (Å²) in [5.41, 5.74) is 2.60. The molecule has 0 N–H and O–H groups in total. The second-order valence-electron chi connectivity index (χ2n) is 4.54. The number of carbonyl (C=O) groups excluding carboxylic acids is 1. The number of aromatic nitrogens is 1. The summed E-state index contributed by atoms with van der Waals surface area (Å²) in [6.45, 7) is 1.83. The van der Waals surface area contributed by atoms with E-state index in [4.69, 9.17) is 4.42 Å². The SMILES string of the molecule is Cc1cc(C(=O)Cc2nc(-c3ccccc3)cs2)co1. The quantitative estimate of drug-likeness (QED) is 0.676. The van der Waals surface area contributed by atoms with Crippen LogP contribution < -0.4 is 0 Å². The molecule has 1 aromatic carbocycles. The lowest BCUT2D eigenvalue weighted by molar-refractivity contribution is 0.0992. The second kappa shape index (κ2) is 5.43. The number of benzene rings is 1. The smallest absolute Gasteiger partial charge is 0.172 e. The number of rotatable bonds is 4. The second-order valence-corrected chi connectivity index (χ2v) is 5.48. The van der Waals surface area contributed by atoms with E-state index >= 15 is 0 Å². The lowest BCUT2D eigenvalue weighted by Crippen LogP contribution is -2.01. The Hall–Kier alpha value is -2.20. The molecular formula is C16H13NO2S. The normalized spacial score (nSPS) is 10.7. The van der Waals surface area contributed by atoms with Gasteiger partial charge < -0.3 is 4.42 Å². The van der Waals surface area contributed by atoms with Crippen LogP contribution in [0.3, 0.4) is 0 Å². The highest BCUT2D eigenvalue weighted by Gasteiger charge is 2.12. The number of Topliss-reactive ketones (excluding diaryl/α,β-unsaturated/α-hetero) is 1. The summed E-state index contributed by atoms with van der Waals surface area (Å²) < 4.78 is 5.16. The van der Waals surface area contributed by atoms with Crippen LogP contribution in [0.5, 0.6) is 0 Å². The minimum Gasteiger partial charge on any atom is -0.469 e. The van der Waals surface area contributed by atoms with Crippen LogP contribution in [0.2, 0.25) is 0 Å². The molecular weight excluding hydrogens is 270 g/mol. The Labute approximate surface area is 120 Å². The largest absolute Gasteiger partial charge is 0.469 e. The molecule has 0 bridgehead atoms. The first-order chi connectivity index (χ1) is 9.72. The van der Waals surface area contributed by atoms with Gasteiger partial charge in [0.05, 0.1) is 17.7 Å². The number of ketones is 1. The van der Waals surface area contributed by atoms with E-state index in [1.165, 1.54) is 17.6 Å². The molecule has 0 spiro atoms. The molecule has 0 aliphatic rings. The third-order valence-electron chi connectivity index (χ3n) is 2.99. The summed E-state index contributed by atoms with van der Waals surface area (Å²) >= 11 is 1.51.